The Kier molecular flexibility index (Phi) is 6.04. The van der Waals surface area contributed by atoms with Crippen LogP contribution in [0.15, 0.2) is 60.4 Å². The molecule has 2 aliphatic rings. The highest BCUT2D eigenvalue weighted by Crippen LogP contribution is 2.42. The van der Waals surface area contributed by atoms with Crippen LogP contribution in [-0.2, 0) is 17.8 Å². The van der Waals surface area contributed by atoms with E-state index in [9.17, 15) is 9.59 Å². The van der Waals surface area contributed by atoms with Crippen molar-refractivity contribution in [2.24, 2.45) is 0 Å². The summed E-state index contributed by atoms with van der Waals surface area (Å²) in [4.78, 5) is 26.7. The fourth-order valence-corrected chi connectivity index (χ4v) is 4.31. The first-order valence-corrected chi connectivity index (χ1v) is 11.3. The number of esters is 1. The number of methoxy groups -OCH3 is 1. The number of hydrogen-bond acceptors (Lipinski definition) is 6. The van der Waals surface area contributed by atoms with Crippen molar-refractivity contribution >= 4 is 41.0 Å². The lowest BCUT2D eigenvalue weighted by Gasteiger charge is -2.29. The Morgan fingerprint density at radius 2 is 1.88 bits per heavy atom. The second-order valence-electron chi connectivity index (χ2n) is 7.98. The maximum atomic E-state index is 13.0. The monoisotopic (exact) mass is 495 g/mol. The van der Waals surface area contributed by atoms with Crippen molar-refractivity contribution < 1.29 is 23.8 Å². The van der Waals surface area contributed by atoms with Gasteiger partial charge in [0, 0.05) is 13.1 Å². The van der Waals surface area contributed by atoms with Crippen molar-refractivity contribution in [2.75, 3.05) is 13.8 Å². The quantitative estimate of drug-likeness (QED) is 0.339. The standard InChI is InChI=1S/C26H19Cl2NO5/c1-32-26(31)17-5-2-15(3-6-17)11-23-24(30)18-7-9-22-19(25(18)34-23)13-29(14-33-22)12-16-4-8-20(27)21(28)10-16/h2-11H,12-14H2,1H3/b23-11-. The van der Waals surface area contributed by atoms with Gasteiger partial charge in [0.1, 0.15) is 18.2 Å². The van der Waals surface area contributed by atoms with Gasteiger partial charge >= 0.3 is 5.97 Å². The molecule has 0 unspecified atom stereocenters. The van der Waals surface area contributed by atoms with Crippen molar-refractivity contribution in [1.29, 1.82) is 0 Å². The third-order valence-corrected chi connectivity index (χ3v) is 6.44. The lowest BCUT2D eigenvalue weighted by atomic mass is 10.0. The van der Waals surface area contributed by atoms with Gasteiger partial charge in [0.15, 0.2) is 5.76 Å². The van der Waals surface area contributed by atoms with Gasteiger partial charge in [-0.25, -0.2) is 4.79 Å². The molecule has 0 N–H and O–H groups in total. The Labute approximate surface area is 206 Å². The topological polar surface area (TPSA) is 65.1 Å². The Bertz CT molecular complexity index is 1330. The highest BCUT2D eigenvalue weighted by Gasteiger charge is 2.33. The lowest BCUT2D eigenvalue weighted by Crippen LogP contribution is -2.31. The van der Waals surface area contributed by atoms with Crippen molar-refractivity contribution in [3.05, 3.63) is 98.2 Å². The van der Waals surface area contributed by atoms with Crippen molar-refractivity contribution in [3.8, 4) is 11.5 Å². The van der Waals surface area contributed by atoms with E-state index in [2.05, 4.69) is 4.90 Å². The number of halogens is 2. The minimum absolute atomic E-state index is 0.198. The molecular weight excluding hydrogens is 477 g/mol. The van der Waals surface area contributed by atoms with E-state index in [0.29, 0.717) is 52.5 Å². The molecule has 0 amide bonds. The SMILES string of the molecule is COC(=O)c1ccc(/C=C2\Oc3c(ccc4c3CN(Cc3ccc(Cl)c(Cl)c3)CO4)C2=O)cc1. The van der Waals surface area contributed by atoms with Gasteiger partial charge in [-0.2, -0.15) is 0 Å². The van der Waals surface area contributed by atoms with E-state index in [0.717, 1.165) is 16.7 Å². The third-order valence-electron chi connectivity index (χ3n) is 5.70. The van der Waals surface area contributed by atoms with E-state index in [4.69, 9.17) is 37.4 Å². The van der Waals surface area contributed by atoms with Crippen LogP contribution in [0.3, 0.4) is 0 Å². The van der Waals surface area contributed by atoms with E-state index >= 15 is 0 Å². The fourth-order valence-electron chi connectivity index (χ4n) is 3.99. The number of ketones is 1. The molecule has 172 valence electrons. The molecule has 2 aliphatic heterocycles. The van der Waals surface area contributed by atoms with Crippen LogP contribution >= 0.6 is 23.2 Å². The summed E-state index contributed by atoms with van der Waals surface area (Å²) in [6.45, 7) is 1.55. The van der Waals surface area contributed by atoms with E-state index in [1.165, 1.54) is 7.11 Å². The van der Waals surface area contributed by atoms with Crippen LogP contribution < -0.4 is 9.47 Å². The highest BCUT2D eigenvalue weighted by molar-refractivity contribution is 6.42. The van der Waals surface area contributed by atoms with Crippen LogP contribution in [-0.4, -0.2) is 30.5 Å². The zero-order valence-electron chi connectivity index (χ0n) is 18.1. The van der Waals surface area contributed by atoms with Crippen LogP contribution in [0.5, 0.6) is 11.5 Å². The van der Waals surface area contributed by atoms with Gasteiger partial charge in [-0.1, -0.05) is 41.4 Å². The van der Waals surface area contributed by atoms with E-state index in [-0.39, 0.29) is 11.5 Å². The summed E-state index contributed by atoms with van der Waals surface area (Å²) in [5.74, 6) is 0.809. The summed E-state index contributed by atoms with van der Waals surface area (Å²) in [6, 6.07) is 15.8. The second kappa shape index (κ2) is 9.14. The van der Waals surface area contributed by atoms with Gasteiger partial charge in [-0.15, -0.1) is 0 Å². The first kappa shape index (κ1) is 22.5. The van der Waals surface area contributed by atoms with E-state index < -0.39 is 5.97 Å². The lowest BCUT2D eigenvalue weighted by molar-refractivity contribution is 0.0600. The molecule has 0 spiro atoms. The predicted octanol–water partition coefficient (Wildman–Crippen LogP) is 5.75. The van der Waals surface area contributed by atoms with Gasteiger partial charge in [0.2, 0.25) is 5.78 Å². The summed E-state index contributed by atoms with van der Waals surface area (Å²) >= 11 is 12.2. The highest BCUT2D eigenvalue weighted by atomic mass is 35.5. The summed E-state index contributed by atoms with van der Waals surface area (Å²) in [5.41, 5.74) is 3.48. The average Bonchev–Trinajstić information content (AvgIpc) is 3.17. The number of carbonyl (C=O) groups excluding carboxylic acids is 2. The molecule has 6 nitrogen and oxygen atoms in total. The molecule has 0 fully saturated rings. The number of Topliss-reactive ketones (excluding diaryl/α,β-unsaturated/α-hetero) is 1. The number of allylic oxidation sites excluding steroid dienone is 1. The van der Waals surface area contributed by atoms with Crippen LogP contribution in [0, 0.1) is 0 Å². The molecule has 5 rings (SSSR count). The Morgan fingerprint density at radius 3 is 2.62 bits per heavy atom. The zero-order chi connectivity index (χ0) is 23.8. The van der Waals surface area contributed by atoms with Crippen LogP contribution in [0.25, 0.3) is 6.08 Å². The Balaban J connectivity index is 1.38. The third kappa shape index (κ3) is 4.28. The average molecular weight is 496 g/mol. The zero-order valence-corrected chi connectivity index (χ0v) is 19.7. The van der Waals surface area contributed by atoms with Crippen LogP contribution in [0.1, 0.15) is 37.4 Å². The van der Waals surface area contributed by atoms with Gasteiger partial charge in [0.25, 0.3) is 0 Å². The molecule has 0 bridgehead atoms. The smallest absolute Gasteiger partial charge is 0.337 e. The second-order valence-corrected chi connectivity index (χ2v) is 8.80. The number of benzene rings is 3. The number of hydrogen-bond donors (Lipinski definition) is 0. The first-order valence-electron chi connectivity index (χ1n) is 10.5. The number of ether oxygens (including phenoxy) is 3. The summed E-state index contributed by atoms with van der Waals surface area (Å²) in [6.07, 6.45) is 1.66. The molecule has 3 aromatic rings. The van der Waals surface area contributed by atoms with Gasteiger partial charge < -0.3 is 14.2 Å². The molecule has 8 heteroatoms. The number of carbonyl (C=O) groups is 2. The molecule has 0 saturated carbocycles. The minimum Gasteiger partial charge on any atom is -0.478 e. The molecule has 0 aliphatic carbocycles. The first-order chi connectivity index (χ1) is 16.4. The number of nitrogens with zero attached hydrogens (tertiary/aromatic N) is 1. The Hall–Kier alpha value is -3.32. The predicted molar refractivity (Wildman–Crippen MR) is 128 cm³/mol. The molecule has 2 heterocycles. The van der Waals surface area contributed by atoms with Crippen molar-refractivity contribution in [1.82, 2.24) is 4.90 Å². The molecule has 0 aromatic heterocycles. The van der Waals surface area contributed by atoms with Crippen molar-refractivity contribution in [2.45, 2.75) is 13.1 Å². The van der Waals surface area contributed by atoms with Gasteiger partial charge in [-0.05, 0) is 53.6 Å². The Morgan fingerprint density at radius 1 is 1.09 bits per heavy atom. The minimum atomic E-state index is -0.420. The molecule has 0 atom stereocenters. The van der Waals surface area contributed by atoms with Crippen molar-refractivity contribution in [3.63, 3.8) is 0 Å². The largest absolute Gasteiger partial charge is 0.478 e. The number of fused-ring (bicyclic) bond motifs is 3. The summed E-state index contributed by atoms with van der Waals surface area (Å²) in [5, 5.41) is 1.01. The fraction of sp³-hybridized carbons (Fsp3) is 0.154. The number of rotatable bonds is 4. The molecular formula is C26H19Cl2NO5. The molecule has 34 heavy (non-hydrogen) atoms. The summed E-state index contributed by atoms with van der Waals surface area (Å²) < 4.78 is 16.7. The van der Waals surface area contributed by atoms with Crippen LogP contribution in [0.2, 0.25) is 10.0 Å². The van der Waals surface area contributed by atoms with E-state index in [1.807, 2.05) is 12.1 Å². The normalized spacial score (nSPS) is 16.0. The molecule has 3 aromatic carbocycles. The molecule has 0 saturated heterocycles. The maximum Gasteiger partial charge on any atom is 0.337 e. The van der Waals surface area contributed by atoms with Gasteiger partial charge in [-0.3, -0.25) is 9.69 Å². The molecule has 0 radical (unpaired) electrons. The van der Waals surface area contributed by atoms with Crippen LogP contribution in [0.4, 0.5) is 0 Å². The maximum absolute atomic E-state index is 13.0. The van der Waals surface area contributed by atoms with E-state index in [1.54, 1.807) is 48.5 Å². The summed E-state index contributed by atoms with van der Waals surface area (Å²) in [7, 11) is 1.33. The van der Waals surface area contributed by atoms with Gasteiger partial charge in [0.05, 0.1) is 33.8 Å².